The minimum absolute atomic E-state index is 0.104. The Morgan fingerprint density at radius 1 is 1.00 bits per heavy atom. The molecule has 34 heavy (non-hydrogen) atoms. The molecule has 1 aliphatic heterocycles. The molecule has 4 fully saturated rings. The molecule has 0 unspecified atom stereocenters. The normalized spacial score (nSPS) is 38.4. The van der Waals surface area contributed by atoms with E-state index in [2.05, 4.69) is 86.6 Å². The fourth-order valence-corrected chi connectivity index (χ4v) is 11.7. The molecule has 2 nitrogen and oxygen atoms in total. The number of thioether (sulfide) groups is 2. The predicted octanol–water partition coefficient (Wildman–Crippen LogP) is 7.54. The minimum atomic E-state index is -0.104. The average Bonchev–Trinajstić information content (AvgIpc) is 3.41. The molecule has 5 aliphatic rings. The maximum Gasteiger partial charge on any atom is 0.139 e. The number of hydrogen-bond donors (Lipinski definition) is 0. The van der Waals surface area contributed by atoms with E-state index >= 15 is 0 Å². The second-order valence-corrected chi connectivity index (χ2v) is 15.4. The lowest BCUT2D eigenvalue weighted by Crippen LogP contribution is -2.50. The van der Waals surface area contributed by atoms with Crippen molar-refractivity contribution in [3.8, 4) is 0 Å². The fourth-order valence-electron chi connectivity index (χ4n) is 8.51. The van der Waals surface area contributed by atoms with Gasteiger partial charge in [0.05, 0.1) is 4.08 Å². The third-order valence-electron chi connectivity index (χ3n) is 10.5. The van der Waals surface area contributed by atoms with Crippen LogP contribution in [0.4, 0.5) is 5.69 Å². The van der Waals surface area contributed by atoms with Crippen LogP contribution in [0, 0.1) is 29.1 Å². The van der Waals surface area contributed by atoms with E-state index in [1.54, 1.807) is 5.57 Å². The zero-order valence-electron chi connectivity index (χ0n) is 21.4. The van der Waals surface area contributed by atoms with Gasteiger partial charge in [0, 0.05) is 42.1 Å². The van der Waals surface area contributed by atoms with Crippen molar-refractivity contribution in [2.45, 2.75) is 81.8 Å². The quantitative estimate of drug-likeness (QED) is 0.403. The van der Waals surface area contributed by atoms with E-state index in [0.717, 1.165) is 25.2 Å². The standard InChI is InChI=1S/C30H41NOS2/c1-19(2)31(4)22-8-5-20(6-9-22)25-18-29(3)26(11-12-27(29)32)24-10-7-21-17-30(33-15-16-34-30)14-13-23(21)28(24)25/h5-6,8-9,17,19,23-26,28H,7,10-16,18H2,1-4H3/t23-,24-,25+,26-,28+,29-/m0/s1. The van der Waals surface area contributed by atoms with Crippen LogP contribution in [-0.2, 0) is 4.79 Å². The van der Waals surface area contributed by atoms with Gasteiger partial charge in [0.2, 0.25) is 0 Å². The number of hydrogen-bond acceptors (Lipinski definition) is 4. The molecule has 1 heterocycles. The van der Waals surface area contributed by atoms with E-state index in [-0.39, 0.29) is 5.41 Å². The fraction of sp³-hybridized carbons (Fsp3) is 0.700. The number of rotatable bonds is 3. The van der Waals surface area contributed by atoms with Crippen LogP contribution in [-0.4, -0.2) is 34.5 Å². The van der Waals surface area contributed by atoms with Gasteiger partial charge in [-0.3, -0.25) is 4.79 Å². The molecule has 3 saturated carbocycles. The Balaban J connectivity index is 1.38. The highest BCUT2D eigenvalue weighted by Crippen LogP contribution is 2.66. The molecule has 6 rings (SSSR count). The van der Waals surface area contributed by atoms with E-state index in [9.17, 15) is 4.79 Å². The Kier molecular flexibility index (Phi) is 5.96. The Morgan fingerprint density at radius 2 is 1.74 bits per heavy atom. The molecule has 1 spiro atoms. The van der Waals surface area contributed by atoms with Gasteiger partial charge in [0.25, 0.3) is 0 Å². The van der Waals surface area contributed by atoms with Crippen LogP contribution in [0.25, 0.3) is 0 Å². The first-order valence-corrected chi connectivity index (χ1v) is 15.6. The summed E-state index contributed by atoms with van der Waals surface area (Å²) in [6.45, 7) is 6.84. The Hall–Kier alpha value is -0.870. The van der Waals surface area contributed by atoms with E-state index < -0.39 is 0 Å². The number of carbonyl (C=O) groups is 1. The largest absolute Gasteiger partial charge is 0.372 e. The van der Waals surface area contributed by atoms with Gasteiger partial charge in [-0.1, -0.05) is 30.7 Å². The van der Waals surface area contributed by atoms with Crippen LogP contribution in [0.5, 0.6) is 0 Å². The third-order valence-corrected chi connectivity index (χ3v) is 13.9. The highest BCUT2D eigenvalue weighted by atomic mass is 32.2. The van der Waals surface area contributed by atoms with E-state index in [1.165, 1.54) is 48.4 Å². The number of benzene rings is 1. The molecule has 0 amide bonds. The second kappa shape index (κ2) is 8.61. The van der Waals surface area contributed by atoms with Crippen LogP contribution in [0.2, 0.25) is 0 Å². The van der Waals surface area contributed by atoms with Crippen molar-refractivity contribution in [1.82, 2.24) is 0 Å². The molecular weight excluding hydrogens is 454 g/mol. The Labute approximate surface area is 215 Å². The van der Waals surface area contributed by atoms with Crippen molar-refractivity contribution in [2.24, 2.45) is 29.1 Å². The summed E-state index contributed by atoms with van der Waals surface area (Å²) in [7, 11) is 2.19. The maximum absolute atomic E-state index is 13.2. The topological polar surface area (TPSA) is 20.3 Å². The Bertz CT molecular complexity index is 978. The van der Waals surface area contributed by atoms with Gasteiger partial charge >= 0.3 is 0 Å². The van der Waals surface area contributed by atoms with Crippen LogP contribution in [0.3, 0.4) is 0 Å². The zero-order valence-corrected chi connectivity index (χ0v) is 23.0. The Morgan fingerprint density at radius 3 is 2.44 bits per heavy atom. The molecule has 184 valence electrons. The summed E-state index contributed by atoms with van der Waals surface area (Å²) < 4.78 is 0.379. The van der Waals surface area contributed by atoms with Gasteiger partial charge in [0.1, 0.15) is 5.78 Å². The summed E-state index contributed by atoms with van der Waals surface area (Å²) in [6, 6.07) is 9.97. The maximum atomic E-state index is 13.2. The number of Topliss-reactive ketones (excluding diaryl/α,β-unsaturated/α-hetero) is 1. The van der Waals surface area contributed by atoms with E-state index in [4.69, 9.17) is 0 Å². The monoisotopic (exact) mass is 495 g/mol. The molecule has 6 atom stereocenters. The van der Waals surface area contributed by atoms with Gasteiger partial charge in [-0.15, -0.1) is 23.5 Å². The summed E-state index contributed by atoms with van der Waals surface area (Å²) in [5.41, 5.74) is 4.46. The zero-order chi connectivity index (χ0) is 23.7. The number of carbonyl (C=O) groups excluding carboxylic acids is 1. The molecule has 0 radical (unpaired) electrons. The third kappa shape index (κ3) is 3.64. The number of fused-ring (bicyclic) bond motifs is 5. The van der Waals surface area contributed by atoms with Crippen LogP contribution in [0.1, 0.15) is 77.2 Å². The first-order chi connectivity index (χ1) is 16.3. The highest BCUT2D eigenvalue weighted by molar-refractivity contribution is 8.21. The van der Waals surface area contributed by atoms with Gasteiger partial charge in [-0.2, -0.15) is 0 Å². The smallest absolute Gasteiger partial charge is 0.139 e. The molecule has 0 aromatic heterocycles. The molecule has 1 aromatic rings. The molecular formula is C30H41NOS2. The van der Waals surface area contributed by atoms with E-state index in [1.807, 2.05) is 0 Å². The predicted molar refractivity (Wildman–Crippen MR) is 148 cm³/mol. The van der Waals surface area contributed by atoms with Gasteiger partial charge in [-0.05, 0) is 99.7 Å². The summed E-state index contributed by atoms with van der Waals surface area (Å²) in [5, 5.41) is 0. The molecule has 1 saturated heterocycles. The molecule has 1 aromatic carbocycles. The lowest BCUT2D eigenvalue weighted by Gasteiger charge is -2.56. The summed E-state index contributed by atoms with van der Waals surface area (Å²) in [5.74, 6) is 6.47. The average molecular weight is 496 g/mol. The van der Waals surface area contributed by atoms with Crippen molar-refractivity contribution in [2.75, 3.05) is 23.5 Å². The first kappa shape index (κ1) is 23.5. The first-order valence-electron chi connectivity index (χ1n) is 13.7. The number of allylic oxidation sites excluding steroid dienone is 1. The van der Waals surface area contributed by atoms with Crippen LogP contribution >= 0.6 is 23.5 Å². The van der Waals surface area contributed by atoms with Crippen molar-refractivity contribution >= 4 is 35.0 Å². The van der Waals surface area contributed by atoms with Crippen molar-refractivity contribution < 1.29 is 4.79 Å². The van der Waals surface area contributed by atoms with E-state index in [0.29, 0.717) is 39.6 Å². The molecule has 4 heteroatoms. The van der Waals surface area contributed by atoms with Crippen LogP contribution in [0.15, 0.2) is 35.9 Å². The van der Waals surface area contributed by atoms with Crippen LogP contribution < -0.4 is 4.90 Å². The lowest BCUT2D eigenvalue weighted by molar-refractivity contribution is -0.132. The number of nitrogens with zero attached hydrogens (tertiary/aromatic N) is 1. The summed E-state index contributed by atoms with van der Waals surface area (Å²) in [6.07, 6.45) is 11.0. The summed E-state index contributed by atoms with van der Waals surface area (Å²) >= 11 is 4.41. The SMILES string of the molecule is CC(C)N(C)c1ccc([C@H]2C[C@]3(C)C(=O)CC[C@H]3[C@@H]3CCC4=CC5(CC[C@@H]4[C@H]32)SCCS5)cc1. The number of anilines is 1. The van der Waals surface area contributed by atoms with Gasteiger partial charge < -0.3 is 4.90 Å². The van der Waals surface area contributed by atoms with Gasteiger partial charge in [0.15, 0.2) is 0 Å². The summed E-state index contributed by atoms with van der Waals surface area (Å²) in [4.78, 5) is 15.6. The molecule has 0 bridgehead atoms. The molecule has 4 aliphatic carbocycles. The second-order valence-electron chi connectivity index (χ2n) is 12.2. The van der Waals surface area contributed by atoms with Crippen molar-refractivity contribution in [3.63, 3.8) is 0 Å². The minimum Gasteiger partial charge on any atom is -0.372 e. The number of ketones is 1. The lowest BCUT2D eigenvalue weighted by atomic mass is 9.48. The van der Waals surface area contributed by atoms with Gasteiger partial charge in [-0.25, -0.2) is 0 Å². The molecule has 0 N–H and O–H groups in total. The van der Waals surface area contributed by atoms with Crippen molar-refractivity contribution in [1.29, 1.82) is 0 Å². The highest BCUT2D eigenvalue weighted by Gasteiger charge is 2.60. The van der Waals surface area contributed by atoms with Crippen molar-refractivity contribution in [3.05, 3.63) is 41.5 Å².